The van der Waals surface area contributed by atoms with Gasteiger partial charge < -0.3 is 5.32 Å². The number of hydrogen-bond donors (Lipinski definition) is 1. The summed E-state index contributed by atoms with van der Waals surface area (Å²) in [6.07, 6.45) is -3.24. The summed E-state index contributed by atoms with van der Waals surface area (Å²) in [6, 6.07) is 6.09. The lowest BCUT2D eigenvalue weighted by atomic mass is 10.1. The molecule has 1 nitrogen and oxygen atoms in total. The Hall–Kier alpha value is -0.680. The van der Waals surface area contributed by atoms with Crippen LogP contribution in [0.4, 0.5) is 13.2 Å². The second-order valence-electron chi connectivity index (χ2n) is 4.51. The molecule has 1 fully saturated rings. The fourth-order valence-electron chi connectivity index (χ4n) is 2.19. The first-order valence-electron chi connectivity index (χ1n) is 5.98. The normalized spacial score (nSPS) is 24.4. The molecule has 1 aromatic carbocycles. The molecule has 0 saturated carbocycles. The maximum atomic E-state index is 12.8. The van der Waals surface area contributed by atoms with Crippen LogP contribution < -0.4 is 5.32 Å². The predicted octanol–water partition coefficient (Wildman–Crippen LogP) is 3.69. The van der Waals surface area contributed by atoms with Crippen LogP contribution >= 0.6 is 11.8 Å². The minimum atomic E-state index is -4.27. The van der Waals surface area contributed by atoms with Gasteiger partial charge in [0.1, 0.15) is 0 Å². The summed E-state index contributed by atoms with van der Waals surface area (Å²) in [5.74, 6) is 1.08. The van der Waals surface area contributed by atoms with Crippen molar-refractivity contribution < 1.29 is 13.2 Å². The Morgan fingerprint density at radius 3 is 2.67 bits per heavy atom. The van der Waals surface area contributed by atoms with Gasteiger partial charge in [-0.1, -0.05) is 25.1 Å². The number of hydrogen-bond acceptors (Lipinski definition) is 2. The van der Waals surface area contributed by atoms with Crippen molar-refractivity contribution in [1.82, 2.24) is 5.32 Å². The van der Waals surface area contributed by atoms with E-state index < -0.39 is 11.7 Å². The highest BCUT2D eigenvalue weighted by Crippen LogP contribution is 2.32. The summed E-state index contributed by atoms with van der Waals surface area (Å²) in [5, 5.41) is 3.71. The van der Waals surface area contributed by atoms with E-state index in [1.54, 1.807) is 12.1 Å². The number of halogens is 3. The van der Waals surface area contributed by atoms with Gasteiger partial charge in [-0.3, -0.25) is 0 Å². The lowest BCUT2D eigenvalue weighted by molar-refractivity contribution is -0.138. The molecule has 0 aromatic heterocycles. The largest absolute Gasteiger partial charge is 0.416 e. The number of nitrogens with one attached hydrogen (secondary N) is 1. The number of alkyl halides is 3. The summed E-state index contributed by atoms with van der Waals surface area (Å²) in [7, 11) is 0. The molecule has 2 rings (SSSR count). The fourth-order valence-corrected chi connectivity index (χ4v) is 3.42. The van der Waals surface area contributed by atoms with E-state index in [1.165, 1.54) is 6.07 Å². The van der Waals surface area contributed by atoms with Gasteiger partial charge in [-0.05, 0) is 23.8 Å². The number of benzene rings is 1. The van der Waals surface area contributed by atoms with Gasteiger partial charge in [-0.25, -0.2) is 0 Å². The maximum Gasteiger partial charge on any atom is 0.416 e. The number of rotatable bonds is 3. The van der Waals surface area contributed by atoms with Crippen molar-refractivity contribution in [3.63, 3.8) is 0 Å². The van der Waals surface area contributed by atoms with Gasteiger partial charge >= 0.3 is 6.18 Å². The Morgan fingerprint density at radius 2 is 2.06 bits per heavy atom. The first-order chi connectivity index (χ1) is 8.48. The molecule has 1 N–H and O–H groups in total. The highest BCUT2D eigenvalue weighted by atomic mass is 32.2. The van der Waals surface area contributed by atoms with Crippen molar-refractivity contribution in [2.45, 2.75) is 37.4 Å². The second-order valence-corrected chi connectivity index (χ2v) is 5.99. The minimum absolute atomic E-state index is 0.283. The molecule has 1 aliphatic rings. The monoisotopic (exact) mass is 275 g/mol. The third-order valence-corrected chi connectivity index (χ3v) is 4.58. The average molecular weight is 275 g/mol. The molecule has 0 aliphatic carbocycles. The molecule has 1 saturated heterocycles. The zero-order valence-electron chi connectivity index (χ0n) is 10.1. The van der Waals surface area contributed by atoms with Crippen LogP contribution in [0.15, 0.2) is 24.3 Å². The first kappa shape index (κ1) is 13.7. The molecule has 2 atom stereocenters. The van der Waals surface area contributed by atoms with E-state index in [1.807, 2.05) is 11.8 Å². The summed E-state index contributed by atoms with van der Waals surface area (Å²) < 4.78 is 38.4. The third kappa shape index (κ3) is 3.20. The van der Waals surface area contributed by atoms with Crippen LogP contribution in [0.1, 0.15) is 24.5 Å². The van der Waals surface area contributed by atoms with Gasteiger partial charge in [0.05, 0.1) is 5.56 Å². The summed E-state index contributed by atoms with van der Waals surface area (Å²) >= 11 is 1.87. The fraction of sp³-hybridized carbons (Fsp3) is 0.538. The van der Waals surface area contributed by atoms with Gasteiger partial charge in [0.15, 0.2) is 0 Å². The molecule has 0 radical (unpaired) electrons. The number of thioether (sulfide) groups is 1. The summed E-state index contributed by atoms with van der Waals surface area (Å²) in [6.45, 7) is 2.40. The predicted molar refractivity (Wildman–Crippen MR) is 68.6 cm³/mol. The highest BCUT2D eigenvalue weighted by Gasteiger charge is 2.33. The van der Waals surface area contributed by atoms with Crippen molar-refractivity contribution in [1.29, 1.82) is 0 Å². The Kier molecular flexibility index (Phi) is 4.22. The third-order valence-electron chi connectivity index (χ3n) is 3.25. The Bertz CT molecular complexity index is 405. The van der Waals surface area contributed by atoms with Crippen molar-refractivity contribution >= 4 is 11.8 Å². The molecule has 1 aliphatic heterocycles. The van der Waals surface area contributed by atoms with Crippen LogP contribution in [0, 0.1) is 0 Å². The Morgan fingerprint density at radius 1 is 1.33 bits per heavy atom. The van der Waals surface area contributed by atoms with E-state index in [2.05, 4.69) is 12.2 Å². The summed E-state index contributed by atoms with van der Waals surface area (Å²) in [4.78, 5) is 0. The van der Waals surface area contributed by atoms with Crippen molar-refractivity contribution in [2.75, 3.05) is 5.75 Å². The van der Waals surface area contributed by atoms with Crippen LogP contribution in [0.25, 0.3) is 0 Å². The van der Waals surface area contributed by atoms with E-state index in [4.69, 9.17) is 0 Å². The van der Waals surface area contributed by atoms with Crippen molar-refractivity contribution in [3.05, 3.63) is 35.4 Å². The van der Waals surface area contributed by atoms with Crippen molar-refractivity contribution in [3.8, 4) is 0 Å². The molecule has 100 valence electrons. The Balaban J connectivity index is 2.05. The zero-order chi connectivity index (χ0) is 13.2. The zero-order valence-corrected chi connectivity index (χ0v) is 10.9. The molecule has 0 amide bonds. The van der Waals surface area contributed by atoms with Crippen molar-refractivity contribution in [2.24, 2.45) is 0 Å². The topological polar surface area (TPSA) is 12.0 Å². The lowest BCUT2D eigenvalue weighted by Crippen LogP contribution is -2.33. The first-order valence-corrected chi connectivity index (χ1v) is 7.03. The van der Waals surface area contributed by atoms with Crippen LogP contribution in [0.3, 0.4) is 0 Å². The molecule has 2 unspecified atom stereocenters. The molecule has 18 heavy (non-hydrogen) atoms. The van der Waals surface area contributed by atoms with Gasteiger partial charge in [0.25, 0.3) is 0 Å². The van der Waals surface area contributed by atoms with Gasteiger partial charge in [-0.15, -0.1) is 0 Å². The van der Waals surface area contributed by atoms with E-state index in [0.29, 0.717) is 16.9 Å². The van der Waals surface area contributed by atoms with Crippen LogP contribution in [0.5, 0.6) is 0 Å². The van der Waals surface area contributed by atoms with Gasteiger partial charge in [-0.2, -0.15) is 24.9 Å². The van der Waals surface area contributed by atoms with E-state index in [0.717, 1.165) is 18.2 Å². The molecule has 0 spiro atoms. The van der Waals surface area contributed by atoms with Crippen LogP contribution in [-0.4, -0.2) is 17.0 Å². The maximum absolute atomic E-state index is 12.8. The minimum Gasteiger partial charge on any atom is -0.309 e. The molecule has 0 bridgehead atoms. The second kappa shape index (κ2) is 5.53. The molecule has 1 heterocycles. The van der Waals surface area contributed by atoms with Crippen LogP contribution in [-0.2, 0) is 12.7 Å². The van der Waals surface area contributed by atoms with E-state index in [9.17, 15) is 13.2 Å². The molecular weight excluding hydrogens is 259 g/mol. The molecule has 5 heteroatoms. The highest BCUT2D eigenvalue weighted by molar-refractivity contribution is 8.00. The van der Waals surface area contributed by atoms with Crippen LogP contribution in [0.2, 0.25) is 0 Å². The quantitative estimate of drug-likeness (QED) is 0.903. The SMILES string of the molecule is CC1SCCC1NCc1ccccc1C(F)(F)F. The van der Waals surface area contributed by atoms with Gasteiger partial charge in [0.2, 0.25) is 0 Å². The molecular formula is C13H16F3NS. The molecule has 1 aromatic rings. The average Bonchev–Trinajstić information content (AvgIpc) is 2.71. The van der Waals surface area contributed by atoms with E-state index >= 15 is 0 Å². The Labute approximate surface area is 109 Å². The standard InChI is InChI=1S/C13H16F3NS/c1-9-12(6-7-18-9)17-8-10-4-2-3-5-11(10)13(14,15)16/h2-5,9,12,17H,6-8H2,1H3. The van der Waals surface area contributed by atoms with E-state index in [-0.39, 0.29) is 6.54 Å². The summed E-state index contributed by atoms with van der Waals surface area (Å²) in [5.41, 5.74) is -0.204. The lowest BCUT2D eigenvalue weighted by Gasteiger charge is -2.18. The van der Waals surface area contributed by atoms with Gasteiger partial charge in [0, 0.05) is 17.8 Å². The smallest absolute Gasteiger partial charge is 0.309 e.